The molecule has 1 aliphatic heterocycles. The molecule has 0 unspecified atom stereocenters. The van der Waals surface area contributed by atoms with Gasteiger partial charge in [-0.1, -0.05) is 36.7 Å². The number of furan rings is 1. The summed E-state index contributed by atoms with van der Waals surface area (Å²) in [5.74, 6) is 0.100. The monoisotopic (exact) mass is 503 g/mol. The van der Waals surface area contributed by atoms with Gasteiger partial charge < -0.3 is 19.7 Å². The Labute approximate surface area is 213 Å². The molecule has 1 aliphatic rings. The van der Waals surface area contributed by atoms with Gasteiger partial charge in [0.2, 0.25) is 0 Å². The number of carboxylic acid groups (broad SMARTS) is 1. The summed E-state index contributed by atoms with van der Waals surface area (Å²) in [6.45, 7) is 2.12. The van der Waals surface area contributed by atoms with Crippen molar-refractivity contribution in [1.82, 2.24) is 10.3 Å². The van der Waals surface area contributed by atoms with Crippen molar-refractivity contribution in [3.63, 3.8) is 0 Å². The van der Waals surface area contributed by atoms with Gasteiger partial charge in [-0.05, 0) is 78.8 Å². The van der Waals surface area contributed by atoms with E-state index in [1.165, 1.54) is 17.7 Å². The van der Waals surface area contributed by atoms with E-state index in [1.807, 2.05) is 29.2 Å². The number of thiocarbonyl (C=S) groups is 1. The smallest absolute Gasteiger partial charge is 0.335 e. The molecule has 0 spiro atoms. The van der Waals surface area contributed by atoms with E-state index in [4.69, 9.17) is 28.2 Å². The van der Waals surface area contributed by atoms with E-state index in [1.54, 1.807) is 18.3 Å². The van der Waals surface area contributed by atoms with Crippen molar-refractivity contribution in [1.29, 1.82) is 0 Å². The minimum atomic E-state index is -1.03. The number of benzene rings is 2. The highest BCUT2D eigenvalue weighted by molar-refractivity contribution is 7.80. The fourth-order valence-corrected chi connectivity index (χ4v) is 4.87. The lowest BCUT2D eigenvalue weighted by Gasteiger charge is -2.26. The number of nitrogens with zero attached hydrogens (tertiary/aromatic N) is 2. The van der Waals surface area contributed by atoms with Gasteiger partial charge in [0.1, 0.15) is 17.6 Å². The zero-order valence-corrected chi connectivity index (χ0v) is 20.4. The van der Waals surface area contributed by atoms with Gasteiger partial charge >= 0.3 is 5.97 Å². The third kappa shape index (κ3) is 4.40. The first-order valence-corrected chi connectivity index (χ1v) is 12.0. The Morgan fingerprint density at radius 2 is 1.94 bits per heavy atom. The molecular weight excluding hydrogens is 482 g/mol. The van der Waals surface area contributed by atoms with Crippen molar-refractivity contribution in [2.45, 2.75) is 25.4 Å². The topological polar surface area (TPSA) is 78.6 Å². The van der Waals surface area contributed by atoms with Gasteiger partial charge in [0.05, 0.1) is 22.3 Å². The number of anilines is 1. The number of aromatic nitrogens is 1. The number of rotatable bonds is 6. The molecule has 2 aromatic heterocycles. The van der Waals surface area contributed by atoms with Gasteiger partial charge in [0.15, 0.2) is 5.11 Å². The van der Waals surface area contributed by atoms with Gasteiger partial charge in [-0.15, -0.1) is 0 Å². The van der Waals surface area contributed by atoms with E-state index in [0.717, 1.165) is 17.8 Å². The number of aromatic carboxylic acids is 1. The van der Waals surface area contributed by atoms with Crippen molar-refractivity contribution >= 4 is 40.6 Å². The third-order valence-corrected chi connectivity index (χ3v) is 6.76. The van der Waals surface area contributed by atoms with Crippen molar-refractivity contribution in [3.05, 3.63) is 107 Å². The minimum Gasteiger partial charge on any atom is -0.478 e. The zero-order chi connectivity index (χ0) is 24.5. The van der Waals surface area contributed by atoms with Crippen LogP contribution >= 0.6 is 23.8 Å². The molecule has 8 heteroatoms. The highest BCUT2D eigenvalue weighted by atomic mass is 35.5. The maximum atomic E-state index is 11.5. The maximum Gasteiger partial charge on any atom is 0.335 e. The van der Waals surface area contributed by atoms with E-state index in [9.17, 15) is 9.90 Å². The molecule has 2 N–H and O–H groups in total. The SMILES string of the molecule is CCc1ccc(N2C(=S)N[C@@H](c3ccccn3)[C@@H]2c2ccc(-c3cc(C(=O)O)ccc3Cl)o2)cc1. The van der Waals surface area contributed by atoms with Crippen molar-refractivity contribution < 1.29 is 14.3 Å². The van der Waals surface area contributed by atoms with E-state index in [0.29, 0.717) is 27.2 Å². The second-order valence-electron chi connectivity index (χ2n) is 8.22. The molecule has 0 aliphatic carbocycles. The second kappa shape index (κ2) is 9.52. The van der Waals surface area contributed by atoms with Crippen LogP contribution in [0, 0.1) is 0 Å². The minimum absolute atomic E-state index is 0.134. The summed E-state index contributed by atoms with van der Waals surface area (Å²) < 4.78 is 6.32. The number of carboxylic acids is 1. The Morgan fingerprint density at radius 1 is 1.14 bits per heavy atom. The molecule has 2 atom stereocenters. The molecule has 2 aromatic carbocycles. The molecule has 35 heavy (non-hydrogen) atoms. The summed E-state index contributed by atoms with van der Waals surface area (Å²) in [7, 11) is 0. The van der Waals surface area contributed by atoms with Crippen LogP contribution in [0.15, 0.2) is 83.4 Å². The van der Waals surface area contributed by atoms with Crippen molar-refractivity contribution in [3.8, 4) is 11.3 Å². The molecule has 1 fully saturated rings. The average molecular weight is 504 g/mol. The molecule has 4 aromatic rings. The molecule has 6 nitrogen and oxygen atoms in total. The summed E-state index contributed by atoms with van der Waals surface area (Å²) in [5.41, 5.74) is 3.65. The van der Waals surface area contributed by atoms with Crippen molar-refractivity contribution in [2.75, 3.05) is 4.90 Å². The third-order valence-electron chi connectivity index (χ3n) is 6.12. The van der Waals surface area contributed by atoms with Gasteiger partial charge in [0.25, 0.3) is 0 Å². The Bertz CT molecular complexity index is 1390. The average Bonchev–Trinajstić information content (AvgIpc) is 3.49. The predicted octanol–water partition coefficient (Wildman–Crippen LogP) is 6.43. The molecule has 0 saturated carbocycles. The van der Waals surface area contributed by atoms with Crippen LogP contribution in [0.2, 0.25) is 5.02 Å². The van der Waals surface area contributed by atoms with Gasteiger partial charge in [-0.2, -0.15) is 0 Å². The van der Waals surface area contributed by atoms with E-state index in [2.05, 4.69) is 41.5 Å². The molecule has 1 saturated heterocycles. The molecule has 0 radical (unpaired) electrons. The number of halogens is 1. The summed E-state index contributed by atoms with van der Waals surface area (Å²) in [6.07, 6.45) is 2.70. The number of hydrogen-bond donors (Lipinski definition) is 2. The quantitative estimate of drug-likeness (QED) is 0.293. The van der Waals surface area contributed by atoms with E-state index in [-0.39, 0.29) is 17.6 Å². The number of pyridine rings is 1. The molecule has 5 rings (SSSR count). The lowest BCUT2D eigenvalue weighted by molar-refractivity contribution is 0.0697. The molecule has 3 heterocycles. The van der Waals surface area contributed by atoms with Crippen LogP contribution in [0.4, 0.5) is 5.69 Å². The second-order valence-corrected chi connectivity index (χ2v) is 9.01. The van der Waals surface area contributed by atoms with E-state index >= 15 is 0 Å². The van der Waals surface area contributed by atoms with Crippen LogP contribution < -0.4 is 10.2 Å². The summed E-state index contributed by atoms with van der Waals surface area (Å²) in [6, 6.07) is 21.7. The number of hydrogen-bond acceptors (Lipinski definition) is 4. The summed E-state index contributed by atoms with van der Waals surface area (Å²) in [5, 5.41) is 13.8. The first-order chi connectivity index (χ1) is 17.0. The fraction of sp³-hybridized carbons (Fsp3) is 0.148. The van der Waals surface area contributed by atoms with Crippen LogP contribution in [-0.4, -0.2) is 21.2 Å². The summed E-state index contributed by atoms with van der Waals surface area (Å²) in [4.78, 5) is 18.1. The zero-order valence-electron chi connectivity index (χ0n) is 18.8. The van der Waals surface area contributed by atoms with Crippen molar-refractivity contribution in [2.24, 2.45) is 0 Å². The fourth-order valence-electron chi connectivity index (χ4n) is 4.32. The molecule has 0 bridgehead atoms. The van der Waals surface area contributed by atoms with Crippen LogP contribution in [0.5, 0.6) is 0 Å². The first kappa shape index (κ1) is 23.1. The van der Waals surface area contributed by atoms with Gasteiger partial charge in [-0.3, -0.25) is 4.98 Å². The lowest BCUT2D eigenvalue weighted by Crippen LogP contribution is -2.29. The maximum absolute atomic E-state index is 11.5. The number of carbonyl (C=O) groups is 1. The Hall–Kier alpha value is -3.68. The first-order valence-electron chi connectivity index (χ1n) is 11.2. The Morgan fingerprint density at radius 3 is 2.63 bits per heavy atom. The molecule has 0 amide bonds. The number of aryl methyl sites for hydroxylation is 1. The summed E-state index contributed by atoms with van der Waals surface area (Å²) >= 11 is 12.2. The molecule has 176 valence electrons. The van der Waals surface area contributed by atoms with E-state index < -0.39 is 5.97 Å². The predicted molar refractivity (Wildman–Crippen MR) is 140 cm³/mol. The number of nitrogens with one attached hydrogen (secondary N) is 1. The van der Waals surface area contributed by atoms with Crippen LogP contribution in [0.1, 0.15) is 46.4 Å². The highest BCUT2D eigenvalue weighted by Gasteiger charge is 2.42. The van der Waals surface area contributed by atoms with Crippen LogP contribution in [0.25, 0.3) is 11.3 Å². The highest BCUT2D eigenvalue weighted by Crippen LogP contribution is 2.43. The standard InChI is InChI=1S/C27H22ClN3O3S/c1-2-16-6-9-18(10-7-16)31-25(24(30-27(31)35)21-5-3-4-14-29-21)23-13-12-22(34-23)19-15-17(26(32)33)8-11-20(19)28/h3-15,24-25H,2H2,1H3,(H,30,35)(H,32,33)/t24-,25-/m0/s1. The van der Waals surface area contributed by atoms with Gasteiger partial charge in [0, 0.05) is 17.4 Å². The molecular formula is C27H22ClN3O3S. The lowest BCUT2D eigenvalue weighted by atomic mass is 10.0. The van der Waals surface area contributed by atoms with Crippen LogP contribution in [-0.2, 0) is 6.42 Å². The van der Waals surface area contributed by atoms with Crippen LogP contribution in [0.3, 0.4) is 0 Å². The normalized spacial score (nSPS) is 17.4. The van der Waals surface area contributed by atoms with Gasteiger partial charge in [-0.25, -0.2) is 4.79 Å². The Balaban J connectivity index is 1.60. The Kier molecular flexibility index (Phi) is 6.28. The largest absolute Gasteiger partial charge is 0.478 e.